The molecule has 0 aromatic heterocycles. The van der Waals surface area contributed by atoms with Crippen LogP contribution >= 0.6 is 0 Å². The molecule has 0 saturated carbocycles. The first-order valence-corrected chi connectivity index (χ1v) is 3.25. The van der Waals surface area contributed by atoms with Crippen molar-refractivity contribution in [1.82, 2.24) is 5.32 Å². The summed E-state index contributed by atoms with van der Waals surface area (Å²) in [7, 11) is 2.91. The van der Waals surface area contributed by atoms with E-state index in [4.69, 9.17) is 9.47 Å². The van der Waals surface area contributed by atoms with Crippen molar-refractivity contribution in [1.29, 1.82) is 0 Å². The number of halogens is 2. The molecule has 0 spiro atoms. The van der Waals surface area contributed by atoms with Gasteiger partial charge < -0.3 is 14.8 Å². The highest BCUT2D eigenvalue weighted by Crippen LogP contribution is 1.90. The van der Waals surface area contributed by atoms with Crippen molar-refractivity contribution in [2.24, 2.45) is 0 Å². The second-order valence-corrected chi connectivity index (χ2v) is 1.95. The Bertz CT molecular complexity index is 88.7. The largest absolute Gasteiger partial charge is 0.355 e. The molecule has 0 saturated heterocycles. The van der Waals surface area contributed by atoms with E-state index in [9.17, 15) is 8.78 Å². The second kappa shape index (κ2) is 6.45. The summed E-state index contributed by atoms with van der Waals surface area (Å²) < 4.78 is 32.6. The Labute approximate surface area is 64.7 Å². The summed E-state index contributed by atoms with van der Waals surface area (Å²) >= 11 is 0. The van der Waals surface area contributed by atoms with Gasteiger partial charge in [-0.15, -0.1) is 0 Å². The third-order valence-corrected chi connectivity index (χ3v) is 1.14. The van der Waals surface area contributed by atoms with Crippen LogP contribution in [0, 0.1) is 0 Å². The molecular weight excluding hydrogens is 156 g/mol. The van der Waals surface area contributed by atoms with Gasteiger partial charge in [-0.25, -0.2) is 8.78 Å². The highest BCUT2D eigenvalue weighted by Gasteiger charge is 2.06. The Morgan fingerprint density at radius 2 is 1.73 bits per heavy atom. The quantitative estimate of drug-likeness (QED) is 0.586. The molecule has 0 bridgehead atoms. The molecule has 68 valence electrons. The van der Waals surface area contributed by atoms with Gasteiger partial charge in [0.05, 0.1) is 6.54 Å². The van der Waals surface area contributed by atoms with Crippen molar-refractivity contribution < 1.29 is 18.3 Å². The molecule has 0 rings (SSSR count). The summed E-state index contributed by atoms with van der Waals surface area (Å²) in [5, 5.41) is 2.49. The van der Waals surface area contributed by atoms with Crippen LogP contribution in [0.4, 0.5) is 8.78 Å². The Kier molecular flexibility index (Phi) is 6.30. The fraction of sp³-hybridized carbons (Fsp3) is 1.00. The van der Waals surface area contributed by atoms with E-state index in [0.29, 0.717) is 0 Å². The predicted molar refractivity (Wildman–Crippen MR) is 36.7 cm³/mol. The van der Waals surface area contributed by atoms with Gasteiger partial charge in [0.25, 0.3) is 6.43 Å². The zero-order valence-electron chi connectivity index (χ0n) is 6.64. The summed E-state index contributed by atoms with van der Waals surface area (Å²) in [5.41, 5.74) is 0. The normalized spacial score (nSPS) is 11.5. The minimum absolute atomic E-state index is 0.275. The van der Waals surface area contributed by atoms with E-state index >= 15 is 0 Å². The van der Waals surface area contributed by atoms with Crippen LogP contribution < -0.4 is 5.32 Å². The topological polar surface area (TPSA) is 30.5 Å². The van der Waals surface area contributed by atoms with Gasteiger partial charge in [0, 0.05) is 20.8 Å². The third kappa shape index (κ3) is 6.15. The minimum atomic E-state index is -2.33. The van der Waals surface area contributed by atoms with E-state index in [1.807, 2.05) is 0 Å². The monoisotopic (exact) mass is 169 g/mol. The molecule has 0 heterocycles. The summed E-state index contributed by atoms with van der Waals surface area (Å²) in [4.78, 5) is 0. The molecule has 0 unspecified atom stereocenters. The number of methoxy groups -OCH3 is 2. The first kappa shape index (κ1) is 10.7. The van der Waals surface area contributed by atoms with Crippen molar-refractivity contribution in [3.63, 3.8) is 0 Å². The van der Waals surface area contributed by atoms with Crippen molar-refractivity contribution >= 4 is 0 Å². The molecule has 0 aliphatic rings. The van der Waals surface area contributed by atoms with Crippen LogP contribution in [0.3, 0.4) is 0 Å². The fourth-order valence-electron chi connectivity index (χ4n) is 0.573. The van der Waals surface area contributed by atoms with Gasteiger partial charge in [0.1, 0.15) is 0 Å². The number of ether oxygens (including phenoxy) is 2. The molecule has 0 radical (unpaired) electrons. The Morgan fingerprint density at radius 1 is 1.18 bits per heavy atom. The van der Waals surface area contributed by atoms with Crippen LogP contribution in [0.2, 0.25) is 0 Å². The summed E-state index contributed by atoms with van der Waals surface area (Å²) in [6.07, 6.45) is -2.78. The van der Waals surface area contributed by atoms with Crippen molar-refractivity contribution in [3.05, 3.63) is 0 Å². The molecular formula is C6H13F2NO2. The minimum Gasteiger partial charge on any atom is -0.355 e. The zero-order chi connectivity index (χ0) is 8.69. The lowest BCUT2D eigenvalue weighted by Crippen LogP contribution is -2.32. The van der Waals surface area contributed by atoms with E-state index in [0.717, 1.165) is 0 Å². The standard InChI is InChI=1S/C6H13F2NO2/c1-10-6(11-2)4-9-3-5(7)8/h5-6,9H,3-4H2,1-2H3. The molecule has 11 heavy (non-hydrogen) atoms. The summed E-state index contributed by atoms with van der Waals surface area (Å²) in [6.45, 7) is -0.0550. The van der Waals surface area contributed by atoms with E-state index in [2.05, 4.69) is 5.32 Å². The molecule has 0 aromatic carbocycles. The van der Waals surface area contributed by atoms with Crippen LogP contribution in [0.15, 0.2) is 0 Å². The van der Waals surface area contributed by atoms with E-state index in [1.165, 1.54) is 14.2 Å². The van der Waals surface area contributed by atoms with E-state index in [-0.39, 0.29) is 13.1 Å². The first-order valence-electron chi connectivity index (χ1n) is 3.25. The number of nitrogens with one attached hydrogen (secondary N) is 1. The zero-order valence-corrected chi connectivity index (χ0v) is 6.64. The maximum absolute atomic E-state index is 11.5. The van der Waals surface area contributed by atoms with Gasteiger partial charge in [0.15, 0.2) is 6.29 Å². The molecule has 0 fully saturated rings. The molecule has 0 aliphatic heterocycles. The van der Waals surface area contributed by atoms with Gasteiger partial charge >= 0.3 is 0 Å². The van der Waals surface area contributed by atoms with Gasteiger partial charge in [-0.3, -0.25) is 0 Å². The Morgan fingerprint density at radius 3 is 2.09 bits per heavy atom. The summed E-state index contributed by atoms with van der Waals surface area (Å²) in [6, 6.07) is 0. The maximum Gasteiger partial charge on any atom is 0.250 e. The highest BCUT2D eigenvalue weighted by atomic mass is 19.3. The number of alkyl halides is 2. The number of rotatable bonds is 6. The highest BCUT2D eigenvalue weighted by molar-refractivity contribution is 4.51. The second-order valence-electron chi connectivity index (χ2n) is 1.95. The first-order chi connectivity index (χ1) is 5.20. The van der Waals surface area contributed by atoms with Crippen LogP contribution in [0.25, 0.3) is 0 Å². The fourth-order valence-corrected chi connectivity index (χ4v) is 0.573. The van der Waals surface area contributed by atoms with E-state index in [1.54, 1.807) is 0 Å². The Balaban J connectivity index is 3.21. The molecule has 5 heteroatoms. The molecule has 0 amide bonds. The van der Waals surface area contributed by atoms with Gasteiger partial charge in [0.2, 0.25) is 0 Å². The lowest BCUT2D eigenvalue weighted by molar-refractivity contribution is -0.0996. The average Bonchev–Trinajstić information content (AvgIpc) is 1.98. The van der Waals surface area contributed by atoms with Crippen LogP contribution in [0.1, 0.15) is 0 Å². The van der Waals surface area contributed by atoms with Crippen LogP contribution in [0.5, 0.6) is 0 Å². The lowest BCUT2D eigenvalue weighted by Gasteiger charge is -2.13. The van der Waals surface area contributed by atoms with E-state index < -0.39 is 12.7 Å². The summed E-state index contributed by atoms with van der Waals surface area (Å²) in [5.74, 6) is 0. The van der Waals surface area contributed by atoms with Crippen LogP contribution in [-0.4, -0.2) is 40.0 Å². The van der Waals surface area contributed by atoms with Crippen molar-refractivity contribution in [3.8, 4) is 0 Å². The molecule has 0 aliphatic carbocycles. The molecule has 0 aromatic rings. The Hall–Kier alpha value is -0.260. The average molecular weight is 169 g/mol. The third-order valence-electron chi connectivity index (χ3n) is 1.14. The lowest BCUT2D eigenvalue weighted by atomic mass is 10.5. The number of hydrogen-bond donors (Lipinski definition) is 1. The maximum atomic E-state index is 11.5. The number of hydrogen-bond acceptors (Lipinski definition) is 3. The van der Waals surface area contributed by atoms with Crippen molar-refractivity contribution in [2.75, 3.05) is 27.3 Å². The smallest absolute Gasteiger partial charge is 0.250 e. The molecule has 0 atom stereocenters. The van der Waals surface area contributed by atoms with Gasteiger partial charge in [-0.2, -0.15) is 0 Å². The predicted octanol–water partition coefficient (Wildman–Crippen LogP) is 0.460. The van der Waals surface area contributed by atoms with Gasteiger partial charge in [-0.1, -0.05) is 0 Å². The SMILES string of the molecule is COC(CNCC(F)F)OC. The molecule has 1 N–H and O–H groups in total. The van der Waals surface area contributed by atoms with Crippen LogP contribution in [-0.2, 0) is 9.47 Å². The molecule has 3 nitrogen and oxygen atoms in total. The van der Waals surface area contributed by atoms with Gasteiger partial charge in [-0.05, 0) is 0 Å². The van der Waals surface area contributed by atoms with Crippen molar-refractivity contribution in [2.45, 2.75) is 12.7 Å².